The van der Waals surface area contributed by atoms with Gasteiger partial charge in [0.05, 0.1) is 19.1 Å². The number of nitrogens with zero attached hydrogens (tertiary/aromatic N) is 2. The molecule has 2 aliphatic heterocycles. The van der Waals surface area contributed by atoms with Gasteiger partial charge in [-0.15, -0.1) is 0 Å². The normalized spacial score (nSPS) is 26.2. The van der Waals surface area contributed by atoms with E-state index in [0.29, 0.717) is 26.3 Å². The van der Waals surface area contributed by atoms with Crippen molar-refractivity contribution in [1.82, 2.24) is 4.90 Å². The Morgan fingerprint density at radius 3 is 2.38 bits per heavy atom. The molecule has 2 fully saturated rings. The lowest BCUT2D eigenvalue weighted by atomic mass is 10.0. The minimum absolute atomic E-state index is 0.0961. The fourth-order valence-corrected chi connectivity index (χ4v) is 2.90. The number of carbonyl (C=O) groups is 1. The number of ether oxygens (including phenoxy) is 1. The quantitative estimate of drug-likeness (QED) is 0.860. The van der Waals surface area contributed by atoms with Gasteiger partial charge in [0.1, 0.15) is 5.82 Å². The third-order valence-corrected chi connectivity index (χ3v) is 4.22. The number of hydrogen-bond acceptors (Lipinski definition) is 4. The first-order valence-electron chi connectivity index (χ1n) is 7.28. The van der Waals surface area contributed by atoms with Gasteiger partial charge < -0.3 is 20.3 Å². The standard InChI is InChI=1S/C15H20FN3O2/c16-11-1-3-12(4-2-11)18-5-7-19(8-6-18)15(20)13-9-21-10-14(13)17/h1-4,13-14H,5-10,17H2. The number of piperazine rings is 1. The van der Waals surface area contributed by atoms with E-state index < -0.39 is 0 Å². The molecular weight excluding hydrogens is 273 g/mol. The predicted molar refractivity (Wildman–Crippen MR) is 77.5 cm³/mol. The average Bonchev–Trinajstić information content (AvgIpc) is 2.94. The summed E-state index contributed by atoms with van der Waals surface area (Å²) in [5.41, 5.74) is 6.89. The molecule has 2 atom stereocenters. The molecule has 0 bridgehead atoms. The van der Waals surface area contributed by atoms with Crippen molar-refractivity contribution in [2.75, 3.05) is 44.3 Å². The number of amides is 1. The second kappa shape index (κ2) is 5.99. The molecule has 2 heterocycles. The smallest absolute Gasteiger partial charge is 0.229 e. The highest BCUT2D eigenvalue weighted by atomic mass is 19.1. The van der Waals surface area contributed by atoms with Gasteiger partial charge in [-0.1, -0.05) is 0 Å². The third-order valence-electron chi connectivity index (χ3n) is 4.22. The van der Waals surface area contributed by atoms with Crippen molar-refractivity contribution >= 4 is 11.6 Å². The molecule has 0 aromatic heterocycles. The third kappa shape index (κ3) is 3.01. The minimum atomic E-state index is -0.234. The first-order valence-corrected chi connectivity index (χ1v) is 7.28. The van der Waals surface area contributed by atoms with Crippen LogP contribution in [0.5, 0.6) is 0 Å². The molecule has 2 N–H and O–H groups in total. The number of halogens is 1. The molecule has 0 aliphatic carbocycles. The van der Waals surface area contributed by atoms with Crippen molar-refractivity contribution < 1.29 is 13.9 Å². The molecule has 3 rings (SSSR count). The van der Waals surface area contributed by atoms with E-state index in [9.17, 15) is 9.18 Å². The fourth-order valence-electron chi connectivity index (χ4n) is 2.90. The molecule has 2 saturated heterocycles. The zero-order valence-electron chi connectivity index (χ0n) is 11.9. The maximum absolute atomic E-state index is 12.9. The molecule has 6 heteroatoms. The zero-order chi connectivity index (χ0) is 14.8. The van der Waals surface area contributed by atoms with Crippen LogP contribution < -0.4 is 10.6 Å². The Labute approximate surface area is 123 Å². The van der Waals surface area contributed by atoms with Crippen LogP contribution >= 0.6 is 0 Å². The van der Waals surface area contributed by atoms with E-state index in [1.54, 1.807) is 12.1 Å². The highest BCUT2D eigenvalue weighted by molar-refractivity contribution is 5.80. The lowest BCUT2D eigenvalue weighted by molar-refractivity contribution is -0.136. The molecule has 1 aromatic rings. The van der Waals surface area contributed by atoms with E-state index in [0.717, 1.165) is 18.8 Å². The monoisotopic (exact) mass is 293 g/mol. The summed E-state index contributed by atoms with van der Waals surface area (Å²) in [5, 5.41) is 0. The maximum Gasteiger partial charge on any atom is 0.229 e. The molecule has 0 saturated carbocycles. The summed E-state index contributed by atoms with van der Waals surface area (Å²) in [6, 6.07) is 6.28. The lowest BCUT2D eigenvalue weighted by Gasteiger charge is -2.37. The van der Waals surface area contributed by atoms with E-state index in [4.69, 9.17) is 10.5 Å². The number of nitrogens with two attached hydrogens (primary N) is 1. The summed E-state index contributed by atoms with van der Waals surface area (Å²) in [4.78, 5) is 16.4. The predicted octanol–water partition coefficient (Wildman–Crippen LogP) is 0.448. The summed E-state index contributed by atoms with van der Waals surface area (Å²) in [5.74, 6) is -0.344. The van der Waals surface area contributed by atoms with Crippen LogP contribution in [0.3, 0.4) is 0 Å². The number of hydrogen-bond donors (Lipinski definition) is 1. The van der Waals surface area contributed by atoms with Gasteiger partial charge in [0.2, 0.25) is 5.91 Å². The van der Waals surface area contributed by atoms with E-state index in [2.05, 4.69) is 4.90 Å². The van der Waals surface area contributed by atoms with Crippen LogP contribution in [0.25, 0.3) is 0 Å². The molecule has 114 valence electrons. The van der Waals surface area contributed by atoms with Gasteiger partial charge in [-0.3, -0.25) is 4.79 Å². The van der Waals surface area contributed by atoms with Crippen molar-refractivity contribution in [3.8, 4) is 0 Å². The van der Waals surface area contributed by atoms with Crippen LogP contribution in [0.2, 0.25) is 0 Å². The lowest BCUT2D eigenvalue weighted by Crippen LogP contribution is -2.52. The number of rotatable bonds is 2. The topological polar surface area (TPSA) is 58.8 Å². The fraction of sp³-hybridized carbons (Fsp3) is 0.533. The van der Waals surface area contributed by atoms with Gasteiger partial charge in [0.15, 0.2) is 0 Å². The second-order valence-electron chi connectivity index (χ2n) is 5.60. The molecule has 1 amide bonds. The van der Waals surface area contributed by atoms with Gasteiger partial charge in [-0.2, -0.15) is 0 Å². The Morgan fingerprint density at radius 2 is 1.81 bits per heavy atom. The van der Waals surface area contributed by atoms with Crippen molar-refractivity contribution in [1.29, 1.82) is 0 Å². The van der Waals surface area contributed by atoms with Crippen LogP contribution in [0.4, 0.5) is 10.1 Å². The van der Waals surface area contributed by atoms with Gasteiger partial charge >= 0.3 is 0 Å². The molecule has 0 spiro atoms. The molecular formula is C15H20FN3O2. The molecule has 1 aromatic carbocycles. The Bertz CT molecular complexity index is 500. The summed E-state index contributed by atoms with van der Waals surface area (Å²) in [6.45, 7) is 3.73. The van der Waals surface area contributed by atoms with Crippen LogP contribution in [0, 0.1) is 11.7 Å². The van der Waals surface area contributed by atoms with Gasteiger partial charge in [0.25, 0.3) is 0 Å². The summed E-state index contributed by atoms with van der Waals surface area (Å²) in [6.07, 6.45) is 0. The summed E-state index contributed by atoms with van der Waals surface area (Å²) < 4.78 is 18.2. The first kappa shape index (κ1) is 14.3. The van der Waals surface area contributed by atoms with E-state index in [1.165, 1.54) is 12.1 Å². The number of anilines is 1. The highest BCUT2D eigenvalue weighted by Crippen LogP contribution is 2.20. The van der Waals surface area contributed by atoms with E-state index in [-0.39, 0.29) is 23.7 Å². The van der Waals surface area contributed by atoms with Crippen LogP contribution in [0.15, 0.2) is 24.3 Å². The summed E-state index contributed by atoms with van der Waals surface area (Å²) in [7, 11) is 0. The van der Waals surface area contributed by atoms with Gasteiger partial charge in [0, 0.05) is 37.9 Å². The molecule has 2 aliphatic rings. The van der Waals surface area contributed by atoms with Crippen molar-refractivity contribution in [2.45, 2.75) is 6.04 Å². The van der Waals surface area contributed by atoms with Crippen molar-refractivity contribution in [2.24, 2.45) is 11.7 Å². The highest BCUT2D eigenvalue weighted by Gasteiger charge is 2.35. The number of carbonyl (C=O) groups excluding carboxylic acids is 1. The van der Waals surface area contributed by atoms with Crippen molar-refractivity contribution in [3.63, 3.8) is 0 Å². The van der Waals surface area contributed by atoms with Gasteiger partial charge in [-0.05, 0) is 24.3 Å². The Hall–Kier alpha value is -1.66. The minimum Gasteiger partial charge on any atom is -0.379 e. The first-order chi connectivity index (χ1) is 10.1. The SMILES string of the molecule is NC1COCC1C(=O)N1CCN(c2ccc(F)cc2)CC1. The molecule has 0 radical (unpaired) electrons. The largest absolute Gasteiger partial charge is 0.379 e. The number of benzene rings is 1. The average molecular weight is 293 g/mol. The van der Waals surface area contributed by atoms with E-state index in [1.807, 2.05) is 4.90 Å². The Morgan fingerprint density at radius 1 is 1.14 bits per heavy atom. The van der Waals surface area contributed by atoms with E-state index >= 15 is 0 Å². The van der Waals surface area contributed by atoms with Crippen LogP contribution in [-0.4, -0.2) is 56.2 Å². The molecule has 21 heavy (non-hydrogen) atoms. The molecule has 2 unspecified atom stereocenters. The molecule has 5 nitrogen and oxygen atoms in total. The van der Waals surface area contributed by atoms with Crippen LogP contribution in [0.1, 0.15) is 0 Å². The maximum atomic E-state index is 12.9. The van der Waals surface area contributed by atoms with Crippen molar-refractivity contribution in [3.05, 3.63) is 30.1 Å². The second-order valence-corrected chi connectivity index (χ2v) is 5.60. The summed E-state index contributed by atoms with van der Waals surface area (Å²) >= 11 is 0. The van der Waals surface area contributed by atoms with Crippen LogP contribution in [-0.2, 0) is 9.53 Å². The van der Waals surface area contributed by atoms with Gasteiger partial charge in [-0.25, -0.2) is 4.39 Å². The zero-order valence-corrected chi connectivity index (χ0v) is 11.9. The Kier molecular flexibility index (Phi) is 4.07. The Balaban J connectivity index is 1.57.